The van der Waals surface area contributed by atoms with Crippen molar-refractivity contribution in [2.75, 3.05) is 13.2 Å². The molecule has 1 saturated heterocycles. The predicted molar refractivity (Wildman–Crippen MR) is 123 cm³/mol. The summed E-state index contributed by atoms with van der Waals surface area (Å²) in [6.07, 6.45) is -6.98. The van der Waals surface area contributed by atoms with E-state index >= 15 is 0 Å². The van der Waals surface area contributed by atoms with Gasteiger partial charge >= 0.3 is 12.4 Å². The minimum absolute atomic E-state index is 0.0488. The lowest BCUT2D eigenvalue weighted by atomic mass is 9.68. The van der Waals surface area contributed by atoms with Crippen LogP contribution in [0.2, 0.25) is 0 Å². The number of ether oxygens (including phenoxy) is 1. The molecule has 1 aromatic carbocycles. The lowest BCUT2D eigenvalue weighted by Crippen LogP contribution is -2.61. The number of hydrogen-bond donors (Lipinski definition) is 3. The van der Waals surface area contributed by atoms with Crippen LogP contribution in [0, 0.1) is 5.41 Å². The van der Waals surface area contributed by atoms with Gasteiger partial charge in [-0.2, -0.15) is 26.3 Å². The smallest absolute Gasteiger partial charge is 0.381 e. The van der Waals surface area contributed by atoms with E-state index in [1.807, 2.05) is 0 Å². The Kier molecular flexibility index (Phi) is 8.53. The Morgan fingerprint density at radius 3 is 2.03 bits per heavy atom. The first-order valence-electron chi connectivity index (χ1n) is 12.2. The summed E-state index contributed by atoms with van der Waals surface area (Å²) >= 11 is 0. The van der Waals surface area contributed by atoms with Gasteiger partial charge in [0.25, 0.3) is 0 Å². The van der Waals surface area contributed by atoms with Crippen LogP contribution in [0.3, 0.4) is 0 Å². The van der Waals surface area contributed by atoms with Gasteiger partial charge < -0.3 is 20.7 Å². The van der Waals surface area contributed by atoms with E-state index in [2.05, 4.69) is 16.0 Å². The van der Waals surface area contributed by atoms with Gasteiger partial charge in [-0.05, 0) is 69.7 Å². The zero-order valence-electron chi connectivity index (χ0n) is 21.0. The van der Waals surface area contributed by atoms with Crippen molar-refractivity contribution in [2.24, 2.45) is 5.41 Å². The second kappa shape index (κ2) is 10.8. The van der Waals surface area contributed by atoms with Gasteiger partial charge in [-0.1, -0.05) is 0 Å². The third-order valence-corrected chi connectivity index (χ3v) is 7.43. The summed E-state index contributed by atoms with van der Waals surface area (Å²) in [6.45, 7) is 5.46. The molecule has 1 aromatic rings. The van der Waals surface area contributed by atoms with Crippen LogP contribution in [0.15, 0.2) is 18.2 Å². The maximum atomic E-state index is 13.6. The van der Waals surface area contributed by atoms with Crippen LogP contribution in [-0.2, 0) is 33.2 Å². The molecule has 1 aliphatic heterocycles. The number of amides is 2. The first-order chi connectivity index (χ1) is 17.0. The topological polar surface area (TPSA) is 79.5 Å². The van der Waals surface area contributed by atoms with Gasteiger partial charge in [-0.3, -0.25) is 9.59 Å². The summed E-state index contributed by atoms with van der Waals surface area (Å²) in [7, 11) is 0. The predicted octanol–water partition coefficient (Wildman–Crippen LogP) is 4.56. The molecular weight excluding hydrogens is 504 g/mol. The Labute approximate surface area is 211 Å². The number of halogens is 6. The second-order valence-electron chi connectivity index (χ2n) is 10.5. The SMILES string of the molecule is CC(=O)NC(C)(C)C1(C(=O)NCc2cc(C(F)(F)F)cc(C(F)(F)F)c2)CCC(NC2CCOCC2)C1. The zero-order chi connectivity index (χ0) is 27.6. The standard InChI is InChI=1S/C25H33F6N3O3/c1-15(35)34-22(2,3)23(7-4-20(13-23)33-19-5-8-37-9-6-19)21(36)32-14-16-10-17(24(26,27)28)12-18(11-16)25(29,30)31/h10-12,19-20,33H,4-9,13-14H2,1-3H3,(H,32,36)(H,34,35). The fourth-order valence-corrected chi connectivity index (χ4v) is 5.48. The van der Waals surface area contributed by atoms with Crippen LogP contribution >= 0.6 is 0 Å². The average molecular weight is 538 g/mol. The summed E-state index contributed by atoms with van der Waals surface area (Å²) in [4.78, 5) is 25.6. The largest absolute Gasteiger partial charge is 0.416 e. The van der Waals surface area contributed by atoms with Crippen LogP contribution in [0.5, 0.6) is 0 Å². The highest BCUT2D eigenvalue weighted by Crippen LogP contribution is 2.47. The molecule has 1 aliphatic carbocycles. The van der Waals surface area contributed by atoms with Crippen molar-refractivity contribution in [1.82, 2.24) is 16.0 Å². The minimum atomic E-state index is -4.98. The highest BCUT2D eigenvalue weighted by Gasteiger charge is 2.55. The van der Waals surface area contributed by atoms with E-state index in [-0.39, 0.29) is 29.6 Å². The average Bonchev–Trinajstić information content (AvgIpc) is 3.22. The molecule has 1 saturated carbocycles. The first kappa shape index (κ1) is 29.2. The molecule has 2 aliphatic rings. The van der Waals surface area contributed by atoms with Gasteiger partial charge in [-0.15, -0.1) is 0 Å². The molecule has 2 amide bonds. The molecule has 0 spiro atoms. The number of carbonyl (C=O) groups excluding carboxylic acids is 2. The molecule has 2 fully saturated rings. The van der Waals surface area contributed by atoms with Gasteiger partial charge in [0.2, 0.25) is 11.8 Å². The maximum Gasteiger partial charge on any atom is 0.416 e. The van der Waals surface area contributed by atoms with Crippen molar-refractivity contribution in [3.8, 4) is 0 Å². The fraction of sp³-hybridized carbons (Fsp3) is 0.680. The van der Waals surface area contributed by atoms with E-state index in [1.54, 1.807) is 13.8 Å². The molecule has 3 rings (SSSR count). The fourth-order valence-electron chi connectivity index (χ4n) is 5.48. The normalized spacial score (nSPS) is 23.6. The molecule has 37 heavy (non-hydrogen) atoms. The van der Waals surface area contributed by atoms with E-state index in [9.17, 15) is 35.9 Å². The molecule has 2 atom stereocenters. The lowest BCUT2D eigenvalue weighted by Gasteiger charge is -2.43. The van der Waals surface area contributed by atoms with Crippen molar-refractivity contribution in [2.45, 2.75) is 89.4 Å². The first-order valence-corrected chi connectivity index (χ1v) is 12.2. The third-order valence-electron chi connectivity index (χ3n) is 7.43. The summed E-state index contributed by atoms with van der Waals surface area (Å²) < 4.78 is 84.9. The molecule has 0 bridgehead atoms. The van der Waals surface area contributed by atoms with E-state index in [4.69, 9.17) is 4.74 Å². The van der Waals surface area contributed by atoms with E-state index in [0.717, 1.165) is 12.8 Å². The highest BCUT2D eigenvalue weighted by atomic mass is 19.4. The Morgan fingerprint density at radius 1 is 0.946 bits per heavy atom. The number of nitrogens with one attached hydrogen (secondary N) is 3. The number of hydrogen-bond acceptors (Lipinski definition) is 4. The van der Waals surface area contributed by atoms with Gasteiger partial charge in [0, 0.05) is 44.3 Å². The molecule has 3 N–H and O–H groups in total. The van der Waals surface area contributed by atoms with E-state index < -0.39 is 46.9 Å². The van der Waals surface area contributed by atoms with E-state index in [0.29, 0.717) is 44.6 Å². The molecule has 0 aromatic heterocycles. The molecule has 0 radical (unpaired) electrons. The van der Waals surface area contributed by atoms with Gasteiger partial charge in [0.15, 0.2) is 0 Å². The molecule has 1 heterocycles. The zero-order valence-corrected chi connectivity index (χ0v) is 21.0. The van der Waals surface area contributed by atoms with Crippen molar-refractivity contribution >= 4 is 11.8 Å². The van der Waals surface area contributed by atoms with Crippen molar-refractivity contribution in [3.63, 3.8) is 0 Å². The van der Waals surface area contributed by atoms with Crippen molar-refractivity contribution < 1.29 is 40.7 Å². The molecular formula is C25H33F6N3O3. The highest BCUT2D eigenvalue weighted by molar-refractivity contribution is 5.86. The van der Waals surface area contributed by atoms with Crippen LogP contribution in [0.4, 0.5) is 26.3 Å². The van der Waals surface area contributed by atoms with Gasteiger partial charge in [-0.25, -0.2) is 0 Å². The van der Waals surface area contributed by atoms with Crippen LogP contribution in [0.25, 0.3) is 0 Å². The number of rotatable bonds is 7. The molecule has 6 nitrogen and oxygen atoms in total. The third kappa shape index (κ3) is 6.95. The minimum Gasteiger partial charge on any atom is -0.381 e. The summed E-state index contributed by atoms with van der Waals surface area (Å²) in [6, 6.07) is 1.42. The van der Waals surface area contributed by atoms with Crippen LogP contribution in [0.1, 0.15) is 69.6 Å². The summed E-state index contributed by atoms with van der Waals surface area (Å²) in [5.74, 6) is -0.890. The Bertz CT molecular complexity index is 957. The quantitative estimate of drug-likeness (QED) is 0.446. The van der Waals surface area contributed by atoms with Crippen LogP contribution < -0.4 is 16.0 Å². The van der Waals surface area contributed by atoms with Crippen LogP contribution in [-0.4, -0.2) is 42.7 Å². The summed E-state index contributed by atoms with van der Waals surface area (Å²) in [5.41, 5.74) is -5.36. The Morgan fingerprint density at radius 2 is 1.51 bits per heavy atom. The number of carbonyl (C=O) groups is 2. The Hall–Kier alpha value is -2.34. The van der Waals surface area contributed by atoms with Gasteiger partial charge in [0.05, 0.1) is 16.5 Å². The maximum absolute atomic E-state index is 13.6. The Balaban J connectivity index is 1.84. The number of alkyl halides is 6. The second-order valence-corrected chi connectivity index (χ2v) is 10.5. The summed E-state index contributed by atoms with van der Waals surface area (Å²) in [5, 5.41) is 8.94. The lowest BCUT2D eigenvalue weighted by molar-refractivity contribution is -0.143. The monoisotopic (exact) mass is 537 g/mol. The van der Waals surface area contributed by atoms with Crippen molar-refractivity contribution in [1.29, 1.82) is 0 Å². The molecule has 12 heteroatoms. The van der Waals surface area contributed by atoms with Gasteiger partial charge in [0.1, 0.15) is 0 Å². The van der Waals surface area contributed by atoms with E-state index in [1.165, 1.54) is 6.92 Å². The number of benzene rings is 1. The van der Waals surface area contributed by atoms with Crippen molar-refractivity contribution in [3.05, 3.63) is 34.9 Å². The molecule has 208 valence electrons. The molecule has 2 unspecified atom stereocenters.